The van der Waals surface area contributed by atoms with Gasteiger partial charge in [-0.15, -0.1) is 0 Å². The first-order valence-corrected chi connectivity index (χ1v) is 11.1. The minimum Gasteiger partial charge on any atom is -0.349 e. The van der Waals surface area contributed by atoms with Crippen LogP contribution in [-0.4, -0.2) is 39.7 Å². The highest BCUT2D eigenvalue weighted by atomic mass is 19.4. The van der Waals surface area contributed by atoms with E-state index in [2.05, 4.69) is 10.3 Å². The van der Waals surface area contributed by atoms with Crippen molar-refractivity contribution in [3.63, 3.8) is 0 Å². The lowest BCUT2D eigenvalue weighted by Gasteiger charge is -2.23. The van der Waals surface area contributed by atoms with E-state index in [1.807, 2.05) is 0 Å². The number of halogens is 3. The van der Waals surface area contributed by atoms with Crippen LogP contribution in [0.4, 0.5) is 13.2 Å². The van der Waals surface area contributed by atoms with Gasteiger partial charge in [-0.3, -0.25) is 23.7 Å². The minimum absolute atomic E-state index is 0.138. The van der Waals surface area contributed by atoms with Crippen LogP contribution in [0, 0.1) is 5.92 Å². The number of Topliss-reactive ketones (excluding diaryl/α,β-unsaturated/α-hetero) is 1. The summed E-state index contributed by atoms with van der Waals surface area (Å²) in [5, 5.41) is 3.31. The number of amides is 1. The van der Waals surface area contributed by atoms with Gasteiger partial charge in [0.25, 0.3) is 11.3 Å². The van der Waals surface area contributed by atoms with Crippen LogP contribution in [0.1, 0.15) is 24.2 Å². The molecule has 0 aliphatic carbocycles. The molecule has 0 fully saturated rings. The van der Waals surface area contributed by atoms with E-state index in [4.69, 9.17) is 0 Å². The highest BCUT2D eigenvalue weighted by Crippen LogP contribution is 2.29. The van der Waals surface area contributed by atoms with Gasteiger partial charge in [-0.05, 0) is 23.6 Å². The molecule has 1 unspecified atom stereocenters. The third kappa shape index (κ3) is 4.53. The third-order valence-electron chi connectivity index (χ3n) is 5.98. The largest absolute Gasteiger partial charge is 0.452 e. The number of nitrogens with one attached hydrogen (secondary N) is 2. The van der Waals surface area contributed by atoms with Crippen molar-refractivity contribution in [2.75, 3.05) is 0 Å². The highest BCUT2D eigenvalue weighted by Gasteiger charge is 2.45. The second-order valence-electron chi connectivity index (χ2n) is 8.74. The van der Waals surface area contributed by atoms with E-state index < -0.39 is 41.9 Å². The van der Waals surface area contributed by atoms with Gasteiger partial charge in [0.2, 0.25) is 5.91 Å². The second kappa shape index (κ2) is 9.44. The molecule has 0 spiro atoms. The van der Waals surface area contributed by atoms with Gasteiger partial charge in [-0.2, -0.15) is 13.2 Å². The Morgan fingerprint density at radius 2 is 1.72 bits per heavy atom. The monoisotopic (exact) mass is 497 g/mol. The van der Waals surface area contributed by atoms with Crippen molar-refractivity contribution in [1.82, 2.24) is 14.9 Å². The van der Waals surface area contributed by atoms with E-state index in [1.165, 1.54) is 13.8 Å². The Kier molecular flexibility index (Phi) is 6.53. The number of rotatable bonds is 7. The van der Waals surface area contributed by atoms with Crippen LogP contribution in [0.5, 0.6) is 0 Å². The number of H-pyrrole nitrogens is 1. The minimum atomic E-state index is -5.12. The molecule has 1 amide bonds. The number of pyridine rings is 1. The molecule has 4 rings (SSSR count). The molecule has 0 aliphatic heterocycles. The fourth-order valence-electron chi connectivity index (χ4n) is 4.22. The van der Waals surface area contributed by atoms with Crippen LogP contribution in [0.2, 0.25) is 0 Å². The number of aromatic amines is 1. The molecule has 2 heterocycles. The molecule has 0 radical (unpaired) electrons. The molecule has 2 aromatic heterocycles. The van der Waals surface area contributed by atoms with Crippen molar-refractivity contribution in [3.05, 3.63) is 70.5 Å². The molecule has 0 bridgehead atoms. The number of hydrogen-bond donors (Lipinski definition) is 2. The third-order valence-corrected chi connectivity index (χ3v) is 5.98. The van der Waals surface area contributed by atoms with E-state index in [0.29, 0.717) is 39.4 Å². The summed E-state index contributed by atoms with van der Waals surface area (Å²) in [6.07, 6.45) is -4.46. The van der Waals surface area contributed by atoms with E-state index in [0.717, 1.165) is 4.57 Å². The normalized spacial score (nSPS) is 12.7. The maximum atomic E-state index is 13.6. The summed E-state index contributed by atoms with van der Waals surface area (Å²) in [5.74, 6) is -3.81. The molecule has 0 saturated carbocycles. The van der Waals surface area contributed by atoms with Crippen molar-refractivity contribution in [2.45, 2.75) is 32.6 Å². The van der Waals surface area contributed by atoms with Crippen molar-refractivity contribution < 1.29 is 27.6 Å². The summed E-state index contributed by atoms with van der Waals surface area (Å²) < 4.78 is 40.3. The number of ketones is 1. The standard InChI is InChI=1S/C26H22F3N3O4/c1-14(2)21(24(35)26(27,28)29)30-20(34)12-32-19(15-7-4-3-5-8-15)11-18-17-10-6-9-16(13-33)22(17)31-23(18)25(32)36/h3-11,13-14,21,31H,12H2,1-2H3,(H,30,34). The van der Waals surface area contributed by atoms with Gasteiger partial charge in [0.15, 0.2) is 6.29 Å². The topological polar surface area (TPSA) is 101 Å². The number of aldehydes is 1. The Morgan fingerprint density at radius 3 is 2.33 bits per heavy atom. The number of nitrogens with zero attached hydrogens (tertiary/aromatic N) is 1. The molecule has 0 aliphatic rings. The van der Waals surface area contributed by atoms with Crippen molar-refractivity contribution in [2.24, 2.45) is 5.92 Å². The molecule has 1 atom stereocenters. The van der Waals surface area contributed by atoms with Crippen molar-refractivity contribution >= 4 is 39.8 Å². The SMILES string of the molecule is CC(C)C(NC(=O)Cn1c(-c2ccccc2)cc2c([nH]c3c(C=O)cccc32)c1=O)C(=O)C(F)(F)F. The molecular weight excluding hydrogens is 475 g/mol. The predicted octanol–water partition coefficient (Wildman–Crippen LogP) is 4.23. The lowest BCUT2D eigenvalue weighted by atomic mass is 9.99. The van der Waals surface area contributed by atoms with Gasteiger partial charge < -0.3 is 10.3 Å². The highest BCUT2D eigenvalue weighted by molar-refractivity contribution is 6.12. The van der Waals surface area contributed by atoms with E-state index in [9.17, 15) is 32.3 Å². The summed E-state index contributed by atoms with van der Waals surface area (Å²) in [6.45, 7) is 2.15. The predicted molar refractivity (Wildman–Crippen MR) is 129 cm³/mol. The van der Waals surface area contributed by atoms with Crippen LogP contribution in [-0.2, 0) is 16.1 Å². The summed E-state index contributed by atoms with van der Waals surface area (Å²) in [5.41, 5.74) is 1.28. The number of carbonyl (C=O) groups is 3. The molecule has 186 valence electrons. The second-order valence-corrected chi connectivity index (χ2v) is 8.74. The Balaban J connectivity index is 1.85. The Hall–Kier alpha value is -4.21. The molecule has 2 aromatic carbocycles. The maximum Gasteiger partial charge on any atom is 0.452 e. The van der Waals surface area contributed by atoms with E-state index >= 15 is 0 Å². The Morgan fingerprint density at radius 1 is 1.03 bits per heavy atom. The molecule has 2 N–H and O–H groups in total. The number of aromatic nitrogens is 2. The summed E-state index contributed by atoms with van der Waals surface area (Å²) in [6, 6.07) is 13.6. The molecule has 7 nitrogen and oxygen atoms in total. The van der Waals surface area contributed by atoms with Gasteiger partial charge in [0.05, 0.1) is 17.3 Å². The van der Waals surface area contributed by atoms with Crippen LogP contribution < -0.4 is 10.9 Å². The fraction of sp³-hybridized carbons (Fsp3) is 0.231. The fourth-order valence-corrected chi connectivity index (χ4v) is 4.22. The van der Waals surface area contributed by atoms with E-state index in [1.54, 1.807) is 54.6 Å². The zero-order chi connectivity index (χ0) is 26.2. The van der Waals surface area contributed by atoms with Crippen LogP contribution in [0.25, 0.3) is 33.1 Å². The first-order valence-electron chi connectivity index (χ1n) is 11.1. The Labute approximate surface area is 202 Å². The lowest BCUT2D eigenvalue weighted by molar-refractivity contribution is -0.174. The first-order chi connectivity index (χ1) is 17.0. The lowest BCUT2D eigenvalue weighted by Crippen LogP contribution is -2.50. The van der Waals surface area contributed by atoms with Gasteiger partial charge in [-0.25, -0.2) is 0 Å². The number of carbonyl (C=O) groups excluding carboxylic acids is 3. The maximum absolute atomic E-state index is 13.6. The summed E-state index contributed by atoms with van der Waals surface area (Å²) >= 11 is 0. The quantitative estimate of drug-likeness (QED) is 0.373. The number of alkyl halides is 3. The zero-order valence-corrected chi connectivity index (χ0v) is 19.3. The summed E-state index contributed by atoms with van der Waals surface area (Å²) in [7, 11) is 0. The molecule has 0 saturated heterocycles. The van der Waals surface area contributed by atoms with Crippen molar-refractivity contribution in [3.8, 4) is 11.3 Å². The molecule has 4 aromatic rings. The average Bonchev–Trinajstić information content (AvgIpc) is 3.22. The number of fused-ring (bicyclic) bond motifs is 3. The first kappa shape index (κ1) is 24.9. The van der Waals surface area contributed by atoms with Crippen LogP contribution in [0.15, 0.2) is 59.4 Å². The smallest absolute Gasteiger partial charge is 0.349 e. The molecule has 36 heavy (non-hydrogen) atoms. The van der Waals surface area contributed by atoms with Gasteiger partial charge in [-0.1, -0.05) is 56.3 Å². The number of benzene rings is 2. The number of hydrogen-bond acceptors (Lipinski definition) is 4. The van der Waals surface area contributed by atoms with E-state index in [-0.39, 0.29) is 5.52 Å². The molecule has 10 heteroatoms. The van der Waals surface area contributed by atoms with Gasteiger partial charge in [0, 0.05) is 16.3 Å². The van der Waals surface area contributed by atoms with Gasteiger partial charge in [0.1, 0.15) is 12.1 Å². The summed E-state index contributed by atoms with van der Waals surface area (Å²) in [4.78, 5) is 52.7. The number of para-hydroxylation sites is 1. The van der Waals surface area contributed by atoms with Crippen LogP contribution in [0.3, 0.4) is 0 Å². The zero-order valence-electron chi connectivity index (χ0n) is 19.3. The Bertz CT molecular complexity index is 1540. The van der Waals surface area contributed by atoms with Crippen molar-refractivity contribution in [1.29, 1.82) is 0 Å². The molecular formula is C26H22F3N3O4. The average molecular weight is 497 g/mol. The van der Waals surface area contributed by atoms with Gasteiger partial charge >= 0.3 is 6.18 Å². The van der Waals surface area contributed by atoms with Crippen LogP contribution >= 0.6 is 0 Å².